The zero-order valence-electron chi connectivity index (χ0n) is 12.8. The highest BCUT2D eigenvalue weighted by Crippen LogP contribution is 2.30. The van der Waals surface area contributed by atoms with Crippen LogP contribution in [0.4, 0.5) is 0 Å². The molecule has 1 atom stereocenters. The molecule has 0 radical (unpaired) electrons. The molecule has 0 aliphatic carbocycles. The van der Waals surface area contributed by atoms with Gasteiger partial charge in [-0.25, -0.2) is 4.79 Å². The number of esters is 1. The van der Waals surface area contributed by atoms with Crippen molar-refractivity contribution < 1.29 is 14.1 Å². The summed E-state index contributed by atoms with van der Waals surface area (Å²) in [6, 6.07) is 8.02. The monoisotopic (exact) mass is 294 g/mol. The lowest BCUT2D eigenvalue weighted by Gasteiger charge is -2.17. The van der Waals surface area contributed by atoms with E-state index in [1.807, 2.05) is 52.0 Å². The Hall–Kier alpha value is -1.18. The normalized spacial score (nSPS) is 13.4. The Morgan fingerprint density at radius 2 is 2.05 bits per heavy atom. The maximum Gasteiger partial charge on any atom is 0.331 e. The Morgan fingerprint density at radius 3 is 2.65 bits per heavy atom. The third kappa shape index (κ3) is 6.31. The van der Waals surface area contributed by atoms with E-state index in [9.17, 15) is 4.79 Å². The number of benzene rings is 1. The highest BCUT2D eigenvalue weighted by atomic mass is 31.1. The number of hydrogen-bond donors (Lipinski definition) is 0. The van der Waals surface area contributed by atoms with E-state index in [0.29, 0.717) is 6.61 Å². The predicted molar refractivity (Wildman–Crippen MR) is 85.4 cm³/mol. The summed E-state index contributed by atoms with van der Waals surface area (Å²) in [4.78, 5) is 11.6. The molecule has 0 spiro atoms. The molecule has 0 aliphatic heterocycles. The van der Waals surface area contributed by atoms with Crippen LogP contribution < -0.4 is 5.30 Å². The van der Waals surface area contributed by atoms with E-state index in [0.717, 1.165) is 10.9 Å². The third-order valence-corrected chi connectivity index (χ3v) is 4.03. The molecule has 4 heteroatoms. The first-order valence-electron chi connectivity index (χ1n) is 6.69. The minimum Gasteiger partial charge on any atom is -0.457 e. The van der Waals surface area contributed by atoms with Crippen molar-refractivity contribution in [2.75, 3.05) is 13.3 Å². The fourth-order valence-electron chi connectivity index (χ4n) is 1.59. The molecule has 110 valence electrons. The van der Waals surface area contributed by atoms with Gasteiger partial charge in [0, 0.05) is 18.0 Å². The lowest BCUT2D eigenvalue weighted by atomic mass is 10.2. The average molecular weight is 294 g/mol. The van der Waals surface area contributed by atoms with Crippen molar-refractivity contribution in [2.45, 2.75) is 33.3 Å². The molecule has 0 amide bonds. The summed E-state index contributed by atoms with van der Waals surface area (Å²) in [6.07, 6.45) is 3.23. The van der Waals surface area contributed by atoms with Gasteiger partial charge in [0.15, 0.2) is 0 Å². The molecule has 1 aromatic rings. The van der Waals surface area contributed by atoms with Gasteiger partial charge in [0.1, 0.15) is 5.60 Å². The first-order valence-corrected chi connectivity index (χ1v) is 8.40. The van der Waals surface area contributed by atoms with Crippen LogP contribution in [0.3, 0.4) is 0 Å². The lowest BCUT2D eigenvalue weighted by Crippen LogP contribution is -2.22. The van der Waals surface area contributed by atoms with Crippen molar-refractivity contribution in [1.29, 1.82) is 0 Å². The first-order chi connectivity index (χ1) is 9.31. The fraction of sp³-hybridized carbons (Fsp3) is 0.438. The van der Waals surface area contributed by atoms with Gasteiger partial charge in [-0.1, -0.05) is 18.2 Å². The number of ether oxygens (including phenoxy) is 1. The molecule has 0 bridgehead atoms. The summed E-state index contributed by atoms with van der Waals surface area (Å²) in [5.74, 6) is -0.327. The zero-order valence-corrected chi connectivity index (χ0v) is 13.7. The third-order valence-electron chi connectivity index (χ3n) is 2.38. The maximum absolute atomic E-state index is 11.6. The number of rotatable bonds is 5. The van der Waals surface area contributed by atoms with E-state index in [2.05, 4.69) is 6.66 Å². The summed E-state index contributed by atoms with van der Waals surface area (Å²) in [5, 5.41) is 1.16. The van der Waals surface area contributed by atoms with Gasteiger partial charge in [0.05, 0.1) is 8.15 Å². The summed E-state index contributed by atoms with van der Waals surface area (Å²) >= 11 is 0. The van der Waals surface area contributed by atoms with E-state index >= 15 is 0 Å². The molecule has 1 unspecified atom stereocenters. The lowest BCUT2D eigenvalue weighted by molar-refractivity contribution is -0.148. The van der Waals surface area contributed by atoms with Crippen LogP contribution in [0.25, 0.3) is 6.08 Å². The molecule has 0 saturated carbocycles. The molecule has 0 aromatic heterocycles. The van der Waals surface area contributed by atoms with Crippen LogP contribution in [0.15, 0.2) is 30.3 Å². The van der Waals surface area contributed by atoms with Crippen molar-refractivity contribution in [3.8, 4) is 0 Å². The second-order valence-corrected chi connectivity index (χ2v) is 7.15. The van der Waals surface area contributed by atoms with Crippen LogP contribution >= 0.6 is 8.15 Å². The largest absolute Gasteiger partial charge is 0.457 e. The molecule has 20 heavy (non-hydrogen) atoms. The van der Waals surface area contributed by atoms with Crippen molar-refractivity contribution >= 4 is 25.5 Å². The minimum atomic E-state index is -0.590. The molecule has 0 aliphatic rings. The van der Waals surface area contributed by atoms with Crippen LogP contribution in [0.1, 0.15) is 33.3 Å². The van der Waals surface area contributed by atoms with E-state index in [4.69, 9.17) is 9.26 Å². The van der Waals surface area contributed by atoms with E-state index < -0.39 is 13.7 Å². The van der Waals surface area contributed by atoms with Gasteiger partial charge in [0.25, 0.3) is 0 Å². The quantitative estimate of drug-likeness (QED) is 0.471. The molecule has 3 nitrogen and oxygen atoms in total. The Bertz CT molecular complexity index is 475. The summed E-state index contributed by atoms with van der Waals surface area (Å²) in [6.45, 7) is 10.3. The molecule has 0 fully saturated rings. The maximum atomic E-state index is 11.6. The first kappa shape index (κ1) is 16.9. The Kier molecular flexibility index (Phi) is 6.38. The number of carbonyl (C=O) groups is 1. The van der Waals surface area contributed by atoms with Crippen LogP contribution in [0, 0.1) is 0 Å². The van der Waals surface area contributed by atoms with Crippen molar-refractivity contribution in [1.82, 2.24) is 0 Å². The predicted octanol–water partition coefficient (Wildman–Crippen LogP) is 3.73. The summed E-state index contributed by atoms with van der Waals surface area (Å²) in [7, 11) is -0.590. The molecule has 1 rings (SSSR count). The van der Waals surface area contributed by atoms with E-state index in [1.165, 1.54) is 6.08 Å². The van der Waals surface area contributed by atoms with Gasteiger partial charge in [-0.15, -0.1) is 0 Å². The highest BCUT2D eigenvalue weighted by molar-refractivity contribution is 7.60. The Morgan fingerprint density at radius 1 is 1.35 bits per heavy atom. The van der Waals surface area contributed by atoms with Gasteiger partial charge in [-0.3, -0.25) is 0 Å². The number of carbonyl (C=O) groups excluding carboxylic acids is 1. The van der Waals surface area contributed by atoms with Crippen molar-refractivity contribution in [2.24, 2.45) is 0 Å². The molecular formula is C16H23O3P. The molecule has 1 aromatic carbocycles. The van der Waals surface area contributed by atoms with Crippen LogP contribution in [0.2, 0.25) is 0 Å². The zero-order chi connectivity index (χ0) is 15.2. The topological polar surface area (TPSA) is 35.5 Å². The van der Waals surface area contributed by atoms with Crippen LogP contribution in [0.5, 0.6) is 0 Å². The molecular weight excluding hydrogens is 271 g/mol. The Labute approximate surface area is 122 Å². The smallest absolute Gasteiger partial charge is 0.331 e. The SMILES string of the molecule is CCOP(C)c1cccc(/C=C/C(=O)OC(C)(C)C)c1. The standard InChI is InChI=1S/C16H23O3P/c1-6-18-20(5)14-9-7-8-13(12-14)10-11-15(17)19-16(2,3)4/h7-12H,6H2,1-5H3/b11-10+. The average Bonchev–Trinajstić information content (AvgIpc) is 2.35. The van der Waals surface area contributed by atoms with Gasteiger partial charge in [-0.05, 0) is 52.1 Å². The van der Waals surface area contributed by atoms with Crippen LogP contribution in [-0.2, 0) is 14.1 Å². The molecule has 0 N–H and O–H groups in total. The second kappa shape index (κ2) is 7.56. The van der Waals surface area contributed by atoms with E-state index in [1.54, 1.807) is 6.08 Å². The molecule has 0 saturated heterocycles. The summed E-state index contributed by atoms with van der Waals surface area (Å²) < 4.78 is 10.9. The van der Waals surface area contributed by atoms with E-state index in [-0.39, 0.29) is 5.97 Å². The van der Waals surface area contributed by atoms with Gasteiger partial charge in [-0.2, -0.15) is 0 Å². The van der Waals surface area contributed by atoms with Crippen molar-refractivity contribution in [3.63, 3.8) is 0 Å². The fourth-order valence-corrected chi connectivity index (χ4v) is 2.76. The summed E-state index contributed by atoms with van der Waals surface area (Å²) in [5.41, 5.74) is 0.512. The van der Waals surface area contributed by atoms with Crippen molar-refractivity contribution in [3.05, 3.63) is 35.9 Å². The minimum absolute atomic E-state index is 0.327. The Balaban J connectivity index is 2.73. The molecule has 0 heterocycles. The number of hydrogen-bond acceptors (Lipinski definition) is 3. The van der Waals surface area contributed by atoms with Crippen LogP contribution in [-0.4, -0.2) is 24.8 Å². The van der Waals surface area contributed by atoms with Gasteiger partial charge in [0.2, 0.25) is 0 Å². The van der Waals surface area contributed by atoms with Gasteiger partial charge < -0.3 is 9.26 Å². The van der Waals surface area contributed by atoms with Gasteiger partial charge >= 0.3 is 5.97 Å². The second-order valence-electron chi connectivity index (χ2n) is 5.38. The highest BCUT2D eigenvalue weighted by Gasteiger charge is 2.13.